The van der Waals surface area contributed by atoms with E-state index < -0.39 is 11.6 Å². The average Bonchev–Trinajstić information content (AvgIpc) is 3.55. The standard InChI is InChI=1S/C35H30F2N4O3/c1-21(42)24-11-12-30-31(14-24)41(32-19-43-20-35(32,2)3)33(39-30)15-25-13-28(37)26(16-27(25)36)29-5-4-6-34(40-29)44-18-23-9-7-22(17-38)8-10-23/h4-14,16,32H,15,18-20H2,1-3H3/t32-/m1/s1. The van der Waals surface area contributed by atoms with Crippen LogP contribution in [-0.4, -0.2) is 33.5 Å². The zero-order valence-electron chi connectivity index (χ0n) is 24.6. The van der Waals surface area contributed by atoms with Gasteiger partial charge in [-0.2, -0.15) is 5.26 Å². The molecule has 0 N–H and O–H groups in total. The number of hydrogen-bond donors (Lipinski definition) is 0. The predicted octanol–water partition coefficient (Wildman–Crippen LogP) is 7.22. The number of ether oxygens (including phenoxy) is 2. The maximum absolute atomic E-state index is 15.7. The Labute approximate surface area is 253 Å². The van der Waals surface area contributed by atoms with E-state index in [1.54, 1.807) is 54.6 Å². The first-order valence-electron chi connectivity index (χ1n) is 14.3. The fourth-order valence-corrected chi connectivity index (χ4v) is 5.58. The van der Waals surface area contributed by atoms with E-state index in [0.717, 1.165) is 17.1 Å². The van der Waals surface area contributed by atoms with Gasteiger partial charge >= 0.3 is 0 Å². The monoisotopic (exact) mass is 592 g/mol. The second-order valence-electron chi connectivity index (χ2n) is 11.7. The Morgan fingerprint density at radius 3 is 2.57 bits per heavy atom. The van der Waals surface area contributed by atoms with Crippen molar-refractivity contribution in [2.24, 2.45) is 5.41 Å². The van der Waals surface area contributed by atoms with Crippen molar-refractivity contribution in [2.75, 3.05) is 13.2 Å². The zero-order chi connectivity index (χ0) is 31.0. The minimum atomic E-state index is -0.621. The lowest BCUT2D eigenvalue weighted by molar-refractivity contribution is 0.101. The van der Waals surface area contributed by atoms with Gasteiger partial charge in [0.15, 0.2) is 5.78 Å². The van der Waals surface area contributed by atoms with Gasteiger partial charge in [-0.25, -0.2) is 18.7 Å². The van der Waals surface area contributed by atoms with Crippen LogP contribution in [0.15, 0.2) is 72.8 Å². The molecule has 1 atom stereocenters. The summed E-state index contributed by atoms with van der Waals surface area (Å²) in [6, 6.07) is 21.5. The van der Waals surface area contributed by atoms with Crippen molar-refractivity contribution in [3.8, 4) is 23.2 Å². The minimum absolute atomic E-state index is 0.0139. The lowest BCUT2D eigenvalue weighted by atomic mass is 9.87. The number of Topliss-reactive ketones (excluding diaryl/α,β-unsaturated/α-hetero) is 1. The van der Waals surface area contributed by atoms with Crippen LogP contribution in [0.3, 0.4) is 0 Å². The summed E-state index contributed by atoms with van der Waals surface area (Å²) >= 11 is 0. The molecule has 0 radical (unpaired) electrons. The summed E-state index contributed by atoms with van der Waals surface area (Å²) in [5.41, 5.74) is 3.54. The highest BCUT2D eigenvalue weighted by Gasteiger charge is 2.39. The Morgan fingerprint density at radius 2 is 1.86 bits per heavy atom. The number of halogens is 2. The van der Waals surface area contributed by atoms with Crippen LogP contribution in [-0.2, 0) is 17.8 Å². The first kappa shape index (κ1) is 29.1. The molecule has 2 aromatic heterocycles. The molecule has 1 aliphatic rings. The SMILES string of the molecule is CC(=O)c1ccc2nc(Cc3cc(F)c(-c4cccc(OCc5ccc(C#N)cc5)n4)cc3F)n([C@@H]3COCC3(C)C)c2c1. The lowest BCUT2D eigenvalue weighted by Crippen LogP contribution is -2.27. The number of carbonyl (C=O) groups is 1. The number of hydrogen-bond acceptors (Lipinski definition) is 6. The molecule has 1 aliphatic heterocycles. The third kappa shape index (κ3) is 5.69. The van der Waals surface area contributed by atoms with Gasteiger partial charge in [-0.1, -0.05) is 32.0 Å². The van der Waals surface area contributed by atoms with E-state index in [0.29, 0.717) is 35.7 Å². The van der Waals surface area contributed by atoms with Crippen LogP contribution >= 0.6 is 0 Å². The Kier molecular flexibility index (Phi) is 7.70. The van der Waals surface area contributed by atoms with E-state index in [2.05, 4.69) is 24.9 Å². The molecule has 222 valence electrons. The molecule has 44 heavy (non-hydrogen) atoms. The number of fused-ring (bicyclic) bond motifs is 1. The van der Waals surface area contributed by atoms with Crippen LogP contribution in [0.1, 0.15) is 59.7 Å². The molecule has 0 amide bonds. The third-order valence-electron chi connectivity index (χ3n) is 8.09. The van der Waals surface area contributed by atoms with Crippen LogP contribution in [0.4, 0.5) is 8.78 Å². The predicted molar refractivity (Wildman–Crippen MR) is 161 cm³/mol. The number of nitriles is 1. The highest BCUT2D eigenvalue weighted by Crippen LogP contribution is 2.40. The average molecular weight is 593 g/mol. The molecule has 6 rings (SSSR count). The minimum Gasteiger partial charge on any atom is -0.473 e. The first-order valence-corrected chi connectivity index (χ1v) is 14.3. The maximum Gasteiger partial charge on any atom is 0.214 e. The Morgan fingerprint density at radius 1 is 1.07 bits per heavy atom. The summed E-state index contributed by atoms with van der Waals surface area (Å²) < 4.78 is 44.9. The molecule has 0 bridgehead atoms. The molecule has 3 heterocycles. The van der Waals surface area contributed by atoms with Gasteiger partial charge in [0, 0.05) is 29.0 Å². The maximum atomic E-state index is 15.7. The number of aromatic nitrogens is 3. The van der Waals surface area contributed by atoms with Gasteiger partial charge in [0.05, 0.1) is 47.6 Å². The summed E-state index contributed by atoms with van der Waals surface area (Å²) in [6.45, 7) is 6.90. The van der Waals surface area contributed by atoms with Crippen molar-refractivity contribution in [1.82, 2.24) is 14.5 Å². The van der Waals surface area contributed by atoms with E-state index in [1.807, 2.05) is 10.6 Å². The van der Waals surface area contributed by atoms with Crippen LogP contribution in [0.25, 0.3) is 22.3 Å². The van der Waals surface area contributed by atoms with Crippen molar-refractivity contribution < 1.29 is 23.0 Å². The Balaban J connectivity index is 1.30. The normalized spacial score (nSPS) is 15.8. The van der Waals surface area contributed by atoms with Crippen molar-refractivity contribution >= 4 is 16.8 Å². The molecule has 3 aromatic carbocycles. The first-order chi connectivity index (χ1) is 21.1. The number of benzene rings is 3. The summed E-state index contributed by atoms with van der Waals surface area (Å²) in [6.07, 6.45) is 0.0425. The highest BCUT2D eigenvalue weighted by molar-refractivity contribution is 5.97. The second kappa shape index (κ2) is 11.6. The topological polar surface area (TPSA) is 90.0 Å². The summed E-state index contributed by atoms with van der Waals surface area (Å²) in [5.74, 6) is -0.451. The van der Waals surface area contributed by atoms with Gasteiger partial charge in [-0.3, -0.25) is 4.79 Å². The fourth-order valence-electron chi connectivity index (χ4n) is 5.58. The van der Waals surface area contributed by atoms with Crippen molar-refractivity contribution in [1.29, 1.82) is 5.26 Å². The number of carbonyl (C=O) groups excluding carboxylic acids is 1. The van der Waals surface area contributed by atoms with Gasteiger partial charge in [-0.15, -0.1) is 0 Å². The summed E-state index contributed by atoms with van der Waals surface area (Å²) in [4.78, 5) is 21.4. The summed E-state index contributed by atoms with van der Waals surface area (Å²) in [7, 11) is 0. The van der Waals surface area contributed by atoms with E-state index in [-0.39, 0.29) is 53.0 Å². The van der Waals surface area contributed by atoms with Gasteiger partial charge in [-0.05, 0) is 66.6 Å². The molecule has 0 spiro atoms. The molecule has 1 fully saturated rings. The zero-order valence-corrected chi connectivity index (χ0v) is 24.6. The van der Waals surface area contributed by atoms with E-state index in [1.165, 1.54) is 13.0 Å². The van der Waals surface area contributed by atoms with Crippen molar-refractivity contribution in [2.45, 2.75) is 39.8 Å². The number of imidazole rings is 1. The van der Waals surface area contributed by atoms with Crippen molar-refractivity contribution in [3.05, 3.63) is 113 Å². The number of rotatable bonds is 8. The lowest BCUT2D eigenvalue weighted by Gasteiger charge is -2.28. The molecule has 0 saturated carbocycles. The van der Waals surface area contributed by atoms with Crippen LogP contribution in [0, 0.1) is 28.4 Å². The fraction of sp³-hybridized carbons (Fsp3) is 0.257. The molecule has 0 aliphatic carbocycles. The van der Waals surface area contributed by atoms with Gasteiger partial charge in [0.1, 0.15) is 24.1 Å². The van der Waals surface area contributed by atoms with Gasteiger partial charge in [0.2, 0.25) is 5.88 Å². The summed E-state index contributed by atoms with van der Waals surface area (Å²) in [5, 5.41) is 8.97. The molecule has 1 saturated heterocycles. The Hall–Kier alpha value is -4.94. The number of nitrogens with zero attached hydrogens (tertiary/aromatic N) is 4. The quantitative estimate of drug-likeness (QED) is 0.177. The van der Waals surface area contributed by atoms with Crippen LogP contribution < -0.4 is 4.74 Å². The molecular weight excluding hydrogens is 562 g/mol. The smallest absolute Gasteiger partial charge is 0.214 e. The van der Waals surface area contributed by atoms with Gasteiger partial charge in [0.25, 0.3) is 0 Å². The second-order valence-corrected chi connectivity index (χ2v) is 11.7. The van der Waals surface area contributed by atoms with Crippen LogP contribution in [0.2, 0.25) is 0 Å². The third-order valence-corrected chi connectivity index (χ3v) is 8.09. The largest absolute Gasteiger partial charge is 0.473 e. The molecular formula is C35H30F2N4O3. The highest BCUT2D eigenvalue weighted by atomic mass is 19.1. The number of pyridine rings is 1. The number of ketones is 1. The molecule has 5 aromatic rings. The molecule has 9 heteroatoms. The molecule has 0 unspecified atom stereocenters. The van der Waals surface area contributed by atoms with Crippen molar-refractivity contribution in [3.63, 3.8) is 0 Å². The molecule has 7 nitrogen and oxygen atoms in total. The van der Waals surface area contributed by atoms with Crippen LogP contribution in [0.5, 0.6) is 5.88 Å². The Bertz CT molecular complexity index is 1930. The van der Waals surface area contributed by atoms with E-state index in [9.17, 15) is 4.79 Å². The van der Waals surface area contributed by atoms with E-state index in [4.69, 9.17) is 19.7 Å². The van der Waals surface area contributed by atoms with Gasteiger partial charge < -0.3 is 14.0 Å². The van der Waals surface area contributed by atoms with E-state index >= 15 is 8.78 Å².